The van der Waals surface area contributed by atoms with E-state index in [9.17, 15) is 30.6 Å². The quantitative estimate of drug-likeness (QED) is 0.226. The van der Waals surface area contributed by atoms with E-state index in [1.54, 1.807) is 0 Å². The highest BCUT2D eigenvalue weighted by Gasteiger charge is 2.50. The molecule has 2 rings (SSSR count). The zero-order valence-electron chi connectivity index (χ0n) is 13.0. The van der Waals surface area contributed by atoms with Crippen LogP contribution >= 0.6 is 11.8 Å². The van der Waals surface area contributed by atoms with Gasteiger partial charge in [0.15, 0.2) is 6.29 Å². The first-order valence-corrected chi connectivity index (χ1v) is 8.51. The number of thioether (sulfide) groups is 1. The lowest BCUT2D eigenvalue weighted by Gasteiger charge is -2.43. The van der Waals surface area contributed by atoms with Crippen molar-refractivity contribution < 1.29 is 45.2 Å². The first kappa shape index (κ1) is 20.3. The van der Waals surface area contributed by atoms with Crippen molar-refractivity contribution in [1.29, 1.82) is 0 Å². The molecular formula is C13H25NO9S. The molecule has 2 aliphatic rings. The standard InChI is InChI=1S/C13H25NO9S/c1-22-13-8(19)6(7(18)5(3-16)23-13)14-12-10(21)9(20)11(24-12)4(17)2-15/h4-21H,2-3H2,1H3/t4-,5-,6+,7-,8+,9-,10-,11+,12-,13+/m1/s1. The second kappa shape index (κ2) is 8.56. The van der Waals surface area contributed by atoms with Crippen LogP contribution in [0.25, 0.3) is 0 Å². The van der Waals surface area contributed by atoms with Crippen LogP contribution in [0.2, 0.25) is 0 Å². The molecule has 11 heteroatoms. The monoisotopic (exact) mass is 371 g/mol. The highest BCUT2D eigenvalue weighted by molar-refractivity contribution is 8.00. The second-order valence-corrected chi connectivity index (χ2v) is 7.21. The summed E-state index contributed by atoms with van der Waals surface area (Å²) in [6.07, 6.45) is -8.48. The molecule has 0 aromatic carbocycles. The molecule has 2 heterocycles. The van der Waals surface area contributed by atoms with E-state index in [0.717, 1.165) is 11.8 Å². The van der Waals surface area contributed by atoms with Crippen molar-refractivity contribution in [3.05, 3.63) is 0 Å². The van der Waals surface area contributed by atoms with Crippen LogP contribution in [0.4, 0.5) is 0 Å². The molecule has 24 heavy (non-hydrogen) atoms. The Balaban J connectivity index is 2.10. The topological polar surface area (TPSA) is 172 Å². The van der Waals surface area contributed by atoms with Gasteiger partial charge < -0.3 is 45.2 Å². The van der Waals surface area contributed by atoms with Gasteiger partial charge in [-0.05, 0) is 0 Å². The van der Waals surface area contributed by atoms with Crippen molar-refractivity contribution in [2.45, 2.75) is 59.6 Å². The lowest BCUT2D eigenvalue weighted by Crippen LogP contribution is -2.66. The summed E-state index contributed by atoms with van der Waals surface area (Å²) in [6, 6.07) is -1.01. The van der Waals surface area contributed by atoms with E-state index < -0.39 is 72.8 Å². The number of aliphatic hydroxyl groups excluding tert-OH is 7. The van der Waals surface area contributed by atoms with Crippen LogP contribution in [-0.4, -0.2) is 116 Å². The molecule has 10 atom stereocenters. The zero-order chi connectivity index (χ0) is 18.0. The minimum Gasteiger partial charge on any atom is -0.394 e. The molecule has 0 spiro atoms. The molecule has 0 aliphatic carbocycles. The van der Waals surface area contributed by atoms with E-state index in [1.165, 1.54) is 7.11 Å². The predicted molar refractivity (Wildman–Crippen MR) is 82.0 cm³/mol. The number of aliphatic hydroxyl groups is 7. The van der Waals surface area contributed by atoms with Crippen molar-refractivity contribution in [2.75, 3.05) is 20.3 Å². The van der Waals surface area contributed by atoms with Crippen molar-refractivity contribution in [3.63, 3.8) is 0 Å². The lowest BCUT2D eigenvalue weighted by atomic mass is 9.95. The number of hydrogen-bond donors (Lipinski definition) is 8. The molecule has 0 radical (unpaired) electrons. The molecule has 10 nitrogen and oxygen atoms in total. The van der Waals surface area contributed by atoms with E-state index in [0.29, 0.717) is 0 Å². The molecule has 0 aromatic heterocycles. The summed E-state index contributed by atoms with van der Waals surface area (Å²) >= 11 is 0.987. The average Bonchev–Trinajstić information content (AvgIpc) is 2.86. The van der Waals surface area contributed by atoms with Crippen LogP contribution in [0.5, 0.6) is 0 Å². The normalized spacial score (nSPS) is 47.8. The Kier molecular flexibility index (Phi) is 7.22. The molecular weight excluding hydrogens is 346 g/mol. The van der Waals surface area contributed by atoms with Gasteiger partial charge in [-0.15, -0.1) is 11.8 Å². The predicted octanol–water partition coefficient (Wildman–Crippen LogP) is -4.45. The van der Waals surface area contributed by atoms with Gasteiger partial charge in [-0.1, -0.05) is 0 Å². The second-order valence-electron chi connectivity index (χ2n) is 5.89. The van der Waals surface area contributed by atoms with Crippen molar-refractivity contribution >= 4 is 11.8 Å². The molecule has 8 N–H and O–H groups in total. The molecule has 0 unspecified atom stereocenters. The van der Waals surface area contributed by atoms with Gasteiger partial charge >= 0.3 is 0 Å². The van der Waals surface area contributed by atoms with E-state index in [2.05, 4.69) is 5.32 Å². The molecule has 0 aromatic rings. The summed E-state index contributed by atoms with van der Waals surface area (Å²) in [5, 5.41) is 69.7. The molecule has 0 saturated carbocycles. The Hall–Kier alpha value is -0.0500. The fourth-order valence-electron chi connectivity index (χ4n) is 2.93. The van der Waals surface area contributed by atoms with Crippen LogP contribution in [0, 0.1) is 0 Å². The highest BCUT2D eigenvalue weighted by Crippen LogP contribution is 2.36. The Morgan fingerprint density at radius 2 is 1.75 bits per heavy atom. The van der Waals surface area contributed by atoms with E-state index in [4.69, 9.17) is 14.6 Å². The fraction of sp³-hybridized carbons (Fsp3) is 1.00. The van der Waals surface area contributed by atoms with Crippen molar-refractivity contribution in [2.24, 2.45) is 0 Å². The Bertz CT molecular complexity index is 390. The first-order valence-electron chi connectivity index (χ1n) is 7.57. The van der Waals surface area contributed by atoms with Crippen LogP contribution in [0.15, 0.2) is 0 Å². The minimum atomic E-state index is -1.30. The smallest absolute Gasteiger partial charge is 0.185 e. The van der Waals surface area contributed by atoms with Gasteiger partial charge in [0, 0.05) is 7.11 Å². The van der Waals surface area contributed by atoms with E-state index in [-0.39, 0.29) is 0 Å². The third kappa shape index (κ3) is 3.86. The maximum atomic E-state index is 10.2. The Morgan fingerprint density at radius 3 is 2.29 bits per heavy atom. The highest BCUT2D eigenvalue weighted by atomic mass is 32.2. The summed E-state index contributed by atoms with van der Waals surface area (Å²) in [6.45, 7) is -1.07. The fourth-order valence-corrected chi connectivity index (χ4v) is 4.42. The van der Waals surface area contributed by atoms with Gasteiger partial charge in [-0.2, -0.15) is 0 Å². The minimum absolute atomic E-state index is 0.499. The summed E-state index contributed by atoms with van der Waals surface area (Å²) in [7, 11) is 1.30. The third-order valence-corrected chi connectivity index (χ3v) is 5.96. The van der Waals surface area contributed by atoms with Crippen LogP contribution in [0.3, 0.4) is 0 Å². The summed E-state index contributed by atoms with van der Waals surface area (Å²) in [5.74, 6) is 0. The number of methoxy groups -OCH3 is 1. The first-order chi connectivity index (χ1) is 11.3. The van der Waals surface area contributed by atoms with Gasteiger partial charge in [0.1, 0.15) is 24.4 Å². The van der Waals surface area contributed by atoms with Crippen molar-refractivity contribution in [1.82, 2.24) is 5.32 Å². The third-order valence-electron chi connectivity index (χ3n) is 4.34. The van der Waals surface area contributed by atoms with E-state index in [1.807, 2.05) is 0 Å². The van der Waals surface area contributed by atoms with Gasteiger partial charge in [-0.25, -0.2) is 0 Å². The summed E-state index contributed by atoms with van der Waals surface area (Å²) in [4.78, 5) is 0. The molecule has 142 valence electrons. The van der Waals surface area contributed by atoms with Crippen LogP contribution in [0.1, 0.15) is 0 Å². The number of nitrogens with one attached hydrogen (secondary N) is 1. The van der Waals surface area contributed by atoms with Gasteiger partial charge in [-0.3, -0.25) is 5.32 Å². The Morgan fingerprint density at radius 1 is 1.08 bits per heavy atom. The van der Waals surface area contributed by atoms with E-state index >= 15 is 0 Å². The molecule has 0 amide bonds. The maximum Gasteiger partial charge on any atom is 0.185 e. The average molecular weight is 371 g/mol. The summed E-state index contributed by atoms with van der Waals surface area (Å²) < 4.78 is 10.2. The Labute approximate surface area is 143 Å². The van der Waals surface area contributed by atoms with Gasteiger partial charge in [0.25, 0.3) is 0 Å². The number of ether oxygens (including phenoxy) is 2. The zero-order valence-corrected chi connectivity index (χ0v) is 13.9. The van der Waals surface area contributed by atoms with Crippen LogP contribution < -0.4 is 5.32 Å². The van der Waals surface area contributed by atoms with Crippen molar-refractivity contribution in [3.8, 4) is 0 Å². The SMILES string of the molecule is CO[C@H]1O[C@H](CO)[C@@H](O)[C@H](N[C@@H]2S[C@@H]([C@H](O)CO)[C@H](O)[C@H]2O)[C@@H]1O. The number of hydrogen-bond acceptors (Lipinski definition) is 11. The molecule has 2 aliphatic heterocycles. The number of rotatable bonds is 6. The molecule has 0 bridgehead atoms. The largest absolute Gasteiger partial charge is 0.394 e. The molecule has 2 saturated heterocycles. The van der Waals surface area contributed by atoms with Crippen LogP contribution in [-0.2, 0) is 9.47 Å². The molecule has 2 fully saturated rings. The van der Waals surface area contributed by atoms with Gasteiger partial charge in [0.2, 0.25) is 0 Å². The maximum absolute atomic E-state index is 10.2. The lowest BCUT2D eigenvalue weighted by molar-refractivity contribution is -0.272. The summed E-state index contributed by atoms with van der Waals surface area (Å²) in [5.41, 5.74) is 0. The van der Waals surface area contributed by atoms with Gasteiger partial charge in [0.05, 0.1) is 42.1 Å².